The van der Waals surface area contributed by atoms with Crippen molar-refractivity contribution in [3.05, 3.63) is 63.4 Å². The zero-order valence-corrected chi connectivity index (χ0v) is 15.2. The molecule has 0 aromatic heterocycles. The van der Waals surface area contributed by atoms with E-state index in [1.165, 1.54) is 6.07 Å². The van der Waals surface area contributed by atoms with Crippen LogP contribution in [0.15, 0.2) is 36.4 Å². The van der Waals surface area contributed by atoms with Crippen molar-refractivity contribution < 1.29 is 9.13 Å². The fourth-order valence-corrected chi connectivity index (χ4v) is 3.59. The molecular weight excluding hydrogens is 368 g/mol. The molecule has 0 bridgehead atoms. The van der Waals surface area contributed by atoms with Gasteiger partial charge in [-0.05, 0) is 31.0 Å². The summed E-state index contributed by atoms with van der Waals surface area (Å²) in [5.41, 5.74) is 1.25. The molecule has 1 heterocycles. The minimum atomic E-state index is -0.323. The van der Waals surface area contributed by atoms with Crippen LogP contribution in [0.1, 0.15) is 24.0 Å². The largest absolute Gasteiger partial charge is 0.486 e. The predicted octanol–water partition coefficient (Wildman–Crippen LogP) is 5.48. The number of thiocarbonyl (C=S) groups is 1. The Morgan fingerprint density at radius 2 is 1.75 bits per heavy atom. The van der Waals surface area contributed by atoms with Crippen LogP contribution < -0.4 is 4.74 Å². The molecule has 24 heavy (non-hydrogen) atoms. The zero-order valence-electron chi connectivity index (χ0n) is 12.9. The van der Waals surface area contributed by atoms with Gasteiger partial charge in [0.05, 0.1) is 10.0 Å². The summed E-state index contributed by atoms with van der Waals surface area (Å²) in [6.45, 7) is 1.97. The number of likely N-dealkylation sites (tertiary alicyclic amines) is 1. The van der Waals surface area contributed by atoms with Crippen molar-refractivity contribution in [2.24, 2.45) is 0 Å². The van der Waals surface area contributed by atoms with Gasteiger partial charge in [0, 0.05) is 24.2 Å². The maximum absolute atomic E-state index is 13.7. The molecule has 1 aliphatic rings. The van der Waals surface area contributed by atoms with Crippen LogP contribution in [-0.4, -0.2) is 23.0 Å². The van der Waals surface area contributed by atoms with Gasteiger partial charge in [0.1, 0.15) is 17.4 Å². The van der Waals surface area contributed by atoms with Gasteiger partial charge in [-0.2, -0.15) is 0 Å². The van der Waals surface area contributed by atoms with Crippen LogP contribution in [0, 0.1) is 5.82 Å². The van der Waals surface area contributed by atoms with E-state index in [4.69, 9.17) is 40.2 Å². The Hall–Kier alpha value is -1.36. The number of rotatable bonds is 4. The highest BCUT2D eigenvalue weighted by molar-refractivity contribution is 7.80. The molecule has 2 nitrogen and oxygen atoms in total. The lowest BCUT2D eigenvalue weighted by Gasteiger charge is -2.20. The summed E-state index contributed by atoms with van der Waals surface area (Å²) in [5.74, 6) is 0.0196. The summed E-state index contributed by atoms with van der Waals surface area (Å²) < 4.78 is 19.3. The fourth-order valence-electron chi connectivity index (χ4n) is 2.69. The van der Waals surface area contributed by atoms with Crippen molar-refractivity contribution in [3.8, 4) is 5.75 Å². The maximum atomic E-state index is 13.7. The maximum Gasteiger partial charge on any atom is 0.157 e. The SMILES string of the molecule is Fc1ccccc1COc1c(Cl)cc(C(=S)N2CCCC2)cc1Cl. The van der Waals surface area contributed by atoms with E-state index in [2.05, 4.69) is 4.90 Å². The summed E-state index contributed by atoms with van der Waals surface area (Å²) in [5, 5.41) is 0.741. The van der Waals surface area contributed by atoms with Crippen LogP contribution in [0.2, 0.25) is 10.0 Å². The molecule has 1 aliphatic heterocycles. The molecule has 0 saturated carbocycles. The number of nitrogens with zero attached hydrogens (tertiary/aromatic N) is 1. The average Bonchev–Trinajstić information content (AvgIpc) is 3.09. The Morgan fingerprint density at radius 1 is 1.12 bits per heavy atom. The quantitative estimate of drug-likeness (QED) is 0.648. The number of benzene rings is 2. The average molecular weight is 384 g/mol. The third-order valence-corrected chi connectivity index (χ3v) is 5.02. The Bertz CT molecular complexity index is 739. The van der Waals surface area contributed by atoms with E-state index in [0.29, 0.717) is 21.4 Å². The molecule has 2 aromatic carbocycles. The van der Waals surface area contributed by atoms with Crippen molar-refractivity contribution in [2.45, 2.75) is 19.4 Å². The standard InChI is InChI=1S/C18H16Cl2FNOS/c19-14-9-13(18(24)22-7-3-4-8-22)10-15(20)17(14)23-11-12-5-1-2-6-16(12)21/h1-2,5-6,9-10H,3-4,7-8,11H2. The molecule has 2 aromatic rings. The van der Waals surface area contributed by atoms with Crippen molar-refractivity contribution in [1.29, 1.82) is 0 Å². The lowest BCUT2D eigenvalue weighted by atomic mass is 10.2. The summed E-state index contributed by atoms with van der Waals surface area (Å²) >= 11 is 18.1. The first-order valence-corrected chi connectivity index (χ1v) is 8.87. The molecule has 0 atom stereocenters. The van der Waals surface area contributed by atoms with Crippen LogP contribution in [0.3, 0.4) is 0 Å². The van der Waals surface area contributed by atoms with Gasteiger partial charge in [-0.3, -0.25) is 0 Å². The van der Waals surface area contributed by atoms with Crippen LogP contribution in [0.4, 0.5) is 4.39 Å². The summed E-state index contributed by atoms with van der Waals surface area (Å²) in [6.07, 6.45) is 2.29. The molecule has 1 saturated heterocycles. The van der Waals surface area contributed by atoms with Crippen molar-refractivity contribution in [2.75, 3.05) is 13.1 Å². The predicted molar refractivity (Wildman–Crippen MR) is 99.7 cm³/mol. The van der Waals surface area contributed by atoms with Gasteiger partial charge in [-0.1, -0.05) is 53.6 Å². The molecule has 6 heteroatoms. The second-order valence-corrected chi connectivity index (χ2v) is 6.85. The topological polar surface area (TPSA) is 12.5 Å². The van der Waals surface area contributed by atoms with E-state index in [-0.39, 0.29) is 12.4 Å². The van der Waals surface area contributed by atoms with E-state index in [1.54, 1.807) is 30.3 Å². The second-order valence-electron chi connectivity index (χ2n) is 5.65. The van der Waals surface area contributed by atoms with Gasteiger partial charge < -0.3 is 9.64 Å². The smallest absolute Gasteiger partial charge is 0.157 e. The Labute approximate surface area is 156 Å². The van der Waals surface area contributed by atoms with E-state index in [1.807, 2.05) is 0 Å². The number of hydrogen-bond acceptors (Lipinski definition) is 2. The lowest BCUT2D eigenvalue weighted by Crippen LogP contribution is -2.26. The molecular formula is C18H16Cl2FNOS. The molecule has 0 N–H and O–H groups in total. The van der Waals surface area contributed by atoms with Gasteiger partial charge in [-0.25, -0.2) is 4.39 Å². The normalized spacial score (nSPS) is 14.0. The van der Waals surface area contributed by atoms with Gasteiger partial charge in [0.2, 0.25) is 0 Å². The summed E-state index contributed by atoms with van der Waals surface area (Å²) in [7, 11) is 0. The first-order valence-electron chi connectivity index (χ1n) is 7.71. The Kier molecular flexibility index (Phi) is 5.59. The lowest BCUT2D eigenvalue weighted by molar-refractivity contribution is 0.300. The highest BCUT2D eigenvalue weighted by Crippen LogP contribution is 2.35. The second kappa shape index (κ2) is 7.68. The third-order valence-electron chi connectivity index (χ3n) is 3.97. The van der Waals surface area contributed by atoms with E-state index < -0.39 is 0 Å². The van der Waals surface area contributed by atoms with Crippen LogP contribution in [0.5, 0.6) is 5.75 Å². The minimum absolute atomic E-state index is 0.0576. The van der Waals surface area contributed by atoms with Crippen molar-refractivity contribution in [3.63, 3.8) is 0 Å². The van der Waals surface area contributed by atoms with Crippen molar-refractivity contribution >= 4 is 40.4 Å². The van der Waals surface area contributed by atoms with Crippen LogP contribution >= 0.6 is 35.4 Å². The van der Waals surface area contributed by atoms with Crippen molar-refractivity contribution in [1.82, 2.24) is 4.90 Å². The zero-order chi connectivity index (χ0) is 17.1. The molecule has 0 aliphatic carbocycles. The van der Waals surface area contributed by atoms with E-state index in [9.17, 15) is 4.39 Å². The highest BCUT2D eigenvalue weighted by atomic mass is 35.5. The third kappa shape index (κ3) is 3.82. The van der Waals surface area contributed by atoms with E-state index >= 15 is 0 Å². The Balaban J connectivity index is 1.77. The van der Waals surface area contributed by atoms with Crippen LogP contribution in [0.25, 0.3) is 0 Å². The highest BCUT2D eigenvalue weighted by Gasteiger charge is 2.19. The summed E-state index contributed by atoms with van der Waals surface area (Å²) in [4.78, 5) is 2.90. The number of hydrogen-bond donors (Lipinski definition) is 0. The Morgan fingerprint density at radius 3 is 2.38 bits per heavy atom. The minimum Gasteiger partial charge on any atom is -0.486 e. The fraction of sp³-hybridized carbons (Fsp3) is 0.278. The number of halogens is 3. The van der Waals surface area contributed by atoms with Gasteiger partial charge in [0.25, 0.3) is 0 Å². The molecule has 0 radical (unpaired) electrons. The number of ether oxygens (including phenoxy) is 1. The molecule has 126 valence electrons. The first kappa shape index (κ1) is 17.5. The van der Waals surface area contributed by atoms with E-state index in [0.717, 1.165) is 36.5 Å². The molecule has 3 rings (SSSR count). The monoisotopic (exact) mass is 383 g/mol. The molecule has 0 amide bonds. The summed E-state index contributed by atoms with van der Waals surface area (Å²) in [6, 6.07) is 9.94. The van der Waals surface area contributed by atoms with Gasteiger partial charge in [0.15, 0.2) is 5.75 Å². The molecule has 0 unspecified atom stereocenters. The van der Waals surface area contributed by atoms with Crippen LogP contribution in [-0.2, 0) is 6.61 Å². The molecule has 0 spiro atoms. The van der Waals surface area contributed by atoms with Gasteiger partial charge in [-0.15, -0.1) is 0 Å². The first-order chi connectivity index (χ1) is 11.6. The van der Waals surface area contributed by atoms with Gasteiger partial charge >= 0.3 is 0 Å². The molecule has 1 fully saturated rings.